The molecule has 8 nitrogen and oxygen atoms in total. The average Bonchev–Trinajstić information content (AvgIpc) is 3.54. The highest BCUT2D eigenvalue weighted by molar-refractivity contribution is 5.78. The van der Waals surface area contributed by atoms with Gasteiger partial charge in [-0.25, -0.2) is 0 Å². The van der Waals surface area contributed by atoms with Crippen molar-refractivity contribution in [3.8, 4) is 11.5 Å². The van der Waals surface area contributed by atoms with Crippen molar-refractivity contribution in [1.29, 1.82) is 0 Å². The van der Waals surface area contributed by atoms with Gasteiger partial charge in [0.15, 0.2) is 0 Å². The normalized spacial score (nSPS) is 22.9. The predicted molar refractivity (Wildman–Crippen MR) is 156 cm³/mol. The van der Waals surface area contributed by atoms with E-state index in [1.807, 2.05) is 12.1 Å². The summed E-state index contributed by atoms with van der Waals surface area (Å²) < 4.78 is 23.3. The van der Waals surface area contributed by atoms with Gasteiger partial charge in [0, 0.05) is 51.7 Å². The third-order valence-corrected chi connectivity index (χ3v) is 8.65. The topological polar surface area (TPSA) is 81.3 Å². The number of rotatable bonds is 12. The van der Waals surface area contributed by atoms with E-state index in [2.05, 4.69) is 45.9 Å². The highest BCUT2D eigenvalue weighted by Crippen LogP contribution is 2.36. The number of nitrogens with one attached hydrogen (secondary N) is 2. The largest absolute Gasteiger partial charge is 0.497 e. The Morgan fingerprint density at radius 2 is 1.93 bits per heavy atom. The van der Waals surface area contributed by atoms with Crippen molar-refractivity contribution >= 4 is 11.6 Å². The van der Waals surface area contributed by atoms with Crippen molar-refractivity contribution in [1.82, 2.24) is 10.6 Å². The number of benzene rings is 2. The van der Waals surface area contributed by atoms with Crippen LogP contribution in [0.1, 0.15) is 49.1 Å². The fraction of sp³-hybridized carbons (Fsp3) is 0.594. The maximum absolute atomic E-state index is 12.8. The van der Waals surface area contributed by atoms with Crippen LogP contribution in [0.5, 0.6) is 11.5 Å². The second-order valence-corrected chi connectivity index (χ2v) is 11.3. The molecule has 0 bridgehead atoms. The summed E-state index contributed by atoms with van der Waals surface area (Å²) in [6.45, 7) is 6.03. The molecule has 2 N–H and O–H groups in total. The van der Waals surface area contributed by atoms with E-state index in [9.17, 15) is 4.79 Å². The zero-order valence-corrected chi connectivity index (χ0v) is 24.0. The quantitative estimate of drug-likeness (QED) is 0.384. The van der Waals surface area contributed by atoms with Crippen LogP contribution >= 0.6 is 0 Å². The van der Waals surface area contributed by atoms with Gasteiger partial charge in [0.1, 0.15) is 18.1 Å². The number of carbonyl (C=O) groups excluding carboxylic acids is 1. The standard InChI is InChI=1S/C32H45N3O5/c1-37-16-5-14-35-15-17-39-29-13-8-23(18-28(29)35)22-40-30-21-33-19-26(20-34-32(36)25-6-3-4-7-25)31(30)24-9-11-27(38-2)12-10-24/h8-13,18,25-26,30-31,33H,3-7,14-17,19-22H2,1-2H3,(H,34,36)/t26-,30-,31-/m0/s1. The van der Waals surface area contributed by atoms with Crippen LogP contribution in [-0.4, -0.2) is 72.2 Å². The number of hydrogen-bond donors (Lipinski definition) is 2. The molecule has 40 heavy (non-hydrogen) atoms. The summed E-state index contributed by atoms with van der Waals surface area (Å²) in [5.41, 5.74) is 3.48. The second-order valence-electron chi connectivity index (χ2n) is 11.3. The van der Waals surface area contributed by atoms with E-state index in [1.165, 1.54) is 5.56 Å². The Morgan fingerprint density at radius 1 is 1.10 bits per heavy atom. The van der Waals surface area contributed by atoms with Crippen LogP contribution in [0.4, 0.5) is 5.69 Å². The number of ether oxygens (including phenoxy) is 4. The molecule has 3 atom stereocenters. The fourth-order valence-electron chi connectivity index (χ4n) is 6.45. The molecule has 2 aromatic rings. The molecule has 2 heterocycles. The molecule has 0 radical (unpaired) electrons. The SMILES string of the molecule is COCCCN1CCOc2ccc(CO[C@H]3CNC[C@@H](CNC(=O)C4CCCC4)[C@@H]3c3ccc(OC)cc3)cc21. The van der Waals surface area contributed by atoms with E-state index in [-0.39, 0.29) is 29.8 Å². The fourth-order valence-corrected chi connectivity index (χ4v) is 6.45. The molecule has 2 fully saturated rings. The zero-order valence-electron chi connectivity index (χ0n) is 24.0. The first kappa shape index (κ1) is 28.7. The molecule has 218 valence electrons. The van der Waals surface area contributed by atoms with E-state index >= 15 is 0 Å². The molecule has 1 saturated carbocycles. The van der Waals surface area contributed by atoms with E-state index in [0.29, 0.717) is 19.8 Å². The lowest BCUT2D eigenvalue weighted by Gasteiger charge is -2.39. The van der Waals surface area contributed by atoms with Crippen LogP contribution in [0, 0.1) is 11.8 Å². The van der Waals surface area contributed by atoms with Gasteiger partial charge in [-0.3, -0.25) is 4.79 Å². The molecule has 1 saturated heterocycles. The van der Waals surface area contributed by atoms with Crippen LogP contribution in [-0.2, 0) is 20.9 Å². The Labute approximate surface area is 238 Å². The van der Waals surface area contributed by atoms with Gasteiger partial charge in [-0.05, 0) is 60.6 Å². The molecule has 5 rings (SSSR count). The van der Waals surface area contributed by atoms with E-state index < -0.39 is 0 Å². The third-order valence-electron chi connectivity index (χ3n) is 8.65. The Hall–Kier alpha value is -2.81. The van der Waals surface area contributed by atoms with E-state index in [1.54, 1.807) is 14.2 Å². The average molecular weight is 552 g/mol. The van der Waals surface area contributed by atoms with Crippen molar-refractivity contribution in [3.05, 3.63) is 53.6 Å². The predicted octanol–water partition coefficient (Wildman–Crippen LogP) is 4.13. The third kappa shape index (κ3) is 7.09. The van der Waals surface area contributed by atoms with Crippen LogP contribution < -0.4 is 25.0 Å². The van der Waals surface area contributed by atoms with E-state index in [4.69, 9.17) is 18.9 Å². The summed E-state index contributed by atoms with van der Waals surface area (Å²) in [6, 6.07) is 14.7. The lowest BCUT2D eigenvalue weighted by atomic mass is 9.79. The van der Waals surface area contributed by atoms with Crippen molar-refractivity contribution in [3.63, 3.8) is 0 Å². The van der Waals surface area contributed by atoms with Gasteiger partial charge in [0.25, 0.3) is 0 Å². The molecule has 3 aliphatic rings. The highest BCUT2D eigenvalue weighted by Gasteiger charge is 2.36. The maximum atomic E-state index is 12.8. The molecule has 0 aromatic heterocycles. The Balaban J connectivity index is 1.29. The number of amides is 1. The van der Waals surface area contributed by atoms with Crippen LogP contribution in [0.3, 0.4) is 0 Å². The molecule has 0 spiro atoms. The number of carbonyl (C=O) groups is 1. The Bertz CT molecular complexity index is 1090. The molecule has 2 aromatic carbocycles. The molecule has 1 aliphatic carbocycles. The summed E-state index contributed by atoms with van der Waals surface area (Å²) >= 11 is 0. The second kappa shape index (κ2) is 14.2. The number of fused-ring (bicyclic) bond motifs is 1. The van der Waals surface area contributed by atoms with Gasteiger partial charge in [0.2, 0.25) is 5.91 Å². The maximum Gasteiger partial charge on any atom is 0.223 e. The number of hydrogen-bond acceptors (Lipinski definition) is 7. The summed E-state index contributed by atoms with van der Waals surface area (Å²) in [5.74, 6) is 2.53. The molecule has 8 heteroatoms. The summed E-state index contributed by atoms with van der Waals surface area (Å²) in [5, 5.41) is 6.86. The Kier molecular flexibility index (Phi) is 10.2. The van der Waals surface area contributed by atoms with Gasteiger partial charge < -0.3 is 34.5 Å². The molecule has 0 unspecified atom stereocenters. The summed E-state index contributed by atoms with van der Waals surface area (Å²) in [6.07, 6.45) is 5.30. The molecular weight excluding hydrogens is 506 g/mol. The van der Waals surface area contributed by atoms with Crippen molar-refractivity contribution in [2.45, 2.75) is 50.7 Å². The van der Waals surface area contributed by atoms with Crippen LogP contribution in [0.2, 0.25) is 0 Å². The minimum absolute atomic E-state index is 0.0272. The number of nitrogens with zero attached hydrogens (tertiary/aromatic N) is 1. The van der Waals surface area contributed by atoms with Gasteiger partial charge in [0.05, 0.1) is 32.1 Å². The van der Waals surface area contributed by atoms with Gasteiger partial charge in [-0.15, -0.1) is 0 Å². The minimum Gasteiger partial charge on any atom is -0.497 e. The smallest absolute Gasteiger partial charge is 0.223 e. The first-order chi connectivity index (χ1) is 19.7. The van der Waals surface area contributed by atoms with Crippen LogP contribution in [0.25, 0.3) is 0 Å². The first-order valence-corrected chi connectivity index (χ1v) is 14.9. The Morgan fingerprint density at radius 3 is 2.70 bits per heavy atom. The molecule has 1 amide bonds. The number of piperidine rings is 1. The monoisotopic (exact) mass is 551 g/mol. The minimum atomic E-state index is -0.0272. The summed E-state index contributed by atoms with van der Waals surface area (Å²) in [7, 11) is 3.44. The number of anilines is 1. The van der Waals surface area contributed by atoms with Crippen LogP contribution in [0.15, 0.2) is 42.5 Å². The van der Waals surface area contributed by atoms with Crippen molar-refractivity contribution < 1.29 is 23.7 Å². The van der Waals surface area contributed by atoms with Gasteiger partial charge in [-0.2, -0.15) is 0 Å². The van der Waals surface area contributed by atoms with Gasteiger partial charge >= 0.3 is 0 Å². The molecular formula is C32H45N3O5. The lowest BCUT2D eigenvalue weighted by Crippen LogP contribution is -2.50. The lowest BCUT2D eigenvalue weighted by molar-refractivity contribution is -0.125. The molecule has 2 aliphatic heterocycles. The van der Waals surface area contributed by atoms with E-state index in [0.717, 1.165) is 87.6 Å². The first-order valence-electron chi connectivity index (χ1n) is 14.9. The summed E-state index contributed by atoms with van der Waals surface area (Å²) in [4.78, 5) is 15.2. The zero-order chi connectivity index (χ0) is 27.7. The van der Waals surface area contributed by atoms with Gasteiger partial charge in [-0.1, -0.05) is 31.0 Å². The van der Waals surface area contributed by atoms with Crippen molar-refractivity contribution in [2.24, 2.45) is 11.8 Å². The van der Waals surface area contributed by atoms with Crippen molar-refractivity contribution in [2.75, 3.05) is 65.1 Å². The highest BCUT2D eigenvalue weighted by atomic mass is 16.5. The number of methoxy groups -OCH3 is 2.